The molecule has 4 heteroatoms. The second-order valence-electron chi connectivity index (χ2n) is 6.16. The van der Waals surface area contributed by atoms with Crippen LogP contribution in [0.4, 0.5) is 4.79 Å². The van der Waals surface area contributed by atoms with Gasteiger partial charge in [-0.15, -0.1) is 0 Å². The number of benzene rings is 1. The molecule has 0 heterocycles. The molecule has 0 saturated heterocycles. The summed E-state index contributed by atoms with van der Waals surface area (Å²) in [5.41, 5.74) is 8.96. The Balaban J connectivity index is 2.63. The summed E-state index contributed by atoms with van der Waals surface area (Å²) < 4.78 is 5.22. The van der Waals surface area contributed by atoms with Crippen molar-refractivity contribution in [2.45, 2.75) is 46.1 Å². The van der Waals surface area contributed by atoms with Crippen LogP contribution in [0.5, 0.6) is 0 Å². The summed E-state index contributed by atoms with van der Waals surface area (Å²) in [6.45, 7) is 10.7. The number of carbonyl (C=O) groups is 1. The van der Waals surface area contributed by atoms with E-state index in [-0.39, 0.29) is 5.92 Å². The summed E-state index contributed by atoms with van der Waals surface area (Å²) in [5.74, 6) is 0.0989. The Bertz CT molecular complexity index is 464. The molecule has 1 amide bonds. The molecule has 0 aliphatic carbocycles. The smallest absolute Gasteiger partial charge is 0.407 e. The van der Waals surface area contributed by atoms with Crippen LogP contribution in [-0.2, 0) is 4.74 Å². The van der Waals surface area contributed by atoms with Crippen LogP contribution < -0.4 is 11.1 Å². The molecular weight excluding hydrogens is 252 g/mol. The first kappa shape index (κ1) is 16.5. The first-order valence-electron chi connectivity index (χ1n) is 6.97. The van der Waals surface area contributed by atoms with E-state index in [9.17, 15) is 4.79 Å². The van der Waals surface area contributed by atoms with E-state index in [0.29, 0.717) is 13.1 Å². The number of hydrogen-bond acceptors (Lipinski definition) is 3. The second-order valence-corrected chi connectivity index (χ2v) is 6.16. The third-order valence-corrected chi connectivity index (χ3v) is 3.18. The molecule has 1 aromatic rings. The van der Waals surface area contributed by atoms with Crippen LogP contribution in [0.25, 0.3) is 0 Å². The number of rotatable bonds is 4. The van der Waals surface area contributed by atoms with Gasteiger partial charge in [0.05, 0.1) is 0 Å². The van der Waals surface area contributed by atoms with Gasteiger partial charge in [0.1, 0.15) is 5.60 Å². The molecule has 0 saturated carbocycles. The molecule has 1 rings (SSSR count). The summed E-state index contributed by atoms with van der Waals surface area (Å²) in [6.07, 6.45) is -0.403. The van der Waals surface area contributed by atoms with E-state index in [4.69, 9.17) is 10.5 Å². The number of carbonyl (C=O) groups excluding carboxylic acids is 1. The molecule has 1 unspecified atom stereocenters. The molecule has 1 atom stereocenters. The van der Waals surface area contributed by atoms with Crippen molar-refractivity contribution >= 4 is 6.09 Å². The first-order valence-corrected chi connectivity index (χ1v) is 6.97. The van der Waals surface area contributed by atoms with E-state index in [1.54, 1.807) is 0 Å². The minimum Gasteiger partial charge on any atom is -0.444 e. The van der Waals surface area contributed by atoms with Gasteiger partial charge in [0.2, 0.25) is 0 Å². The Kier molecular flexibility index (Phi) is 5.57. The summed E-state index contributed by atoms with van der Waals surface area (Å²) in [4.78, 5) is 11.7. The fraction of sp³-hybridized carbons (Fsp3) is 0.562. The van der Waals surface area contributed by atoms with Gasteiger partial charge in [0.25, 0.3) is 0 Å². The lowest BCUT2D eigenvalue weighted by atomic mass is 9.95. The van der Waals surface area contributed by atoms with Crippen molar-refractivity contribution in [2.75, 3.05) is 13.1 Å². The Labute approximate surface area is 121 Å². The van der Waals surface area contributed by atoms with E-state index in [1.807, 2.05) is 20.8 Å². The molecule has 0 spiro atoms. The average molecular weight is 278 g/mol. The zero-order valence-corrected chi connectivity index (χ0v) is 13.1. The summed E-state index contributed by atoms with van der Waals surface area (Å²) >= 11 is 0. The SMILES string of the molecule is Cc1ccc(C(CN)CNC(=O)OC(C)(C)C)cc1C. The topological polar surface area (TPSA) is 64.3 Å². The second kappa shape index (κ2) is 6.75. The van der Waals surface area contributed by atoms with Crippen LogP contribution in [0.15, 0.2) is 18.2 Å². The third kappa shape index (κ3) is 5.21. The van der Waals surface area contributed by atoms with Crippen LogP contribution in [0, 0.1) is 13.8 Å². The Morgan fingerprint density at radius 2 is 1.95 bits per heavy atom. The van der Waals surface area contributed by atoms with Crippen molar-refractivity contribution in [2.24, 2.45) is 5.73 Å². The molecule has 0 aromatic heterocycles. The Hall–Kier alpha value is -1.55. The van der Waals surface area contributed by atoms with E-state index in [1.165, 1.54) is 11.1 Å². The van der Waals surface area contributed by atoms with Crippen molar-refractivity contribution in [3.8, 4) is 0 Å². The van der Waals surface area contributed by atoms with E-state index in [0.717, 1.165) is 5.56 Å². The minimum atomic E-state index is -0.483. The van der Waals surface area contributed by atoms with E-state index in [2.05, 4.69) is 37.4 Å². The van der Waals surface area contributed by atoms with Gasteiger partial charge in [-0.3, -0.25) is 0 Å². The Morgan fingerprint density at radius 1 is 1.30 bits per heavy atom. The molecule has 1 aromatic carbocycles. The molecule has 0 aliphatic heterocycles. The van der Waals surface area contributed by atoms with E-state index >= 15 is 0 Å². The van der Waals surface area contributed by atoms with Gasteiger partial charge < -0.3 is 15.8 Å². The lowest BCUT2D eigenvalue weighted by Crippen LogP contribution is -2.36. The van der Waals surface area contributed by atoms with Gasteiger partial charge >= 0.3 is 6.09 Å². The quantitative estimate of drug-likeness (QED) is 0.890. The van der Waals surface area contributed by atoms with Crippen LogP contribution >= 0.6 is 0 Å². The highest BCUT2D eigenvalue weighted by Crippen LogP contribution is 2.18. The highest BCUT2D eigenvalue weighted by molar-refractivity contribution is 5.67. The average Bonchev–Trinajstić information content (AvgIpc) is 2.32. The normalized spacial score (nSPS) is 12.9. The fourth-order valence-electron chi connectivity index (χ4n) is 1.88. The maximum atomic E-state index is 11.7. The zero-order chi connectivity index (χ0) is 15.3. The summed E-state index contributed by atoms with van der Waals surface area (Å²) in [5, 5.41) is 2.78. The fourth-order valence-corrected chi connectivity index (χ4v) is 1.88. The van der Waals surface area contributed by atoms with Crippen molar-refractivity contribution < 1.29 is 9.53 Å². The number of nitrogens with one attached hydrogen (secondary N) is 1. The van der Waals surface area contributed by atoms with Gasteiger partial charge in [0.15, 0.2) is 0 Å². The summed E-state index contributed by atoms with van der Waals surface area (Å²) in [7, 11) is 0. The molecule has 0 fully saturated rings. The predicted octanol–water partition coefficient (Wildman–Crippen LogP) is 2.87. The molecule has 0 radical (unpaired) electrons. The molecule has 20 heavy (non-hydrogen) atoms. The number of ether oxygens (including phenoxy) is 1. The number of aryl methyl sites for hydroxylation is 2. The van der Waals surface area contributed by atoms with Crippen molar-refractivity contribution in [1.82, 2.24) is 5.32 Å². The van der Waals surface area contributed by atoms with Gasteiger partial charge in [-0.2, -0.15) is 0 Å². The number of amides is 1. The van der Waals surface area contributed by atoms with Crippen LogP contribution in [0.2, 0.25) is 0 Å². The van der Waals surface area contributed by atoms with Crippen LogP contribution in [0.1, 0.15) is 43.4 Å². The minimum absolute atomic E-state index is 0.0989. The van der Waals surface area contributed by atoms with Crippen molar-refractivity contribution in [3.05, 3.63) is 34.9 Å². The maximum absolute atomic E-state index is 11.7. The standard InChI is InChI=1S/C16H26N2O2/c1-11-6-7-13(8-12(11)2)14(9-17)10-18-15(19)20-16(3,4)5/h6-8,14H,9-10,17H2,1-5H3,(H,18,19). The van der Waals surface area contributed by atoms with Gasteiger partial charge in [-0.05, 0) is 51.3 Å². The molecule has 4 nitrogen and oxygen atoms in total. The maximum Gasteiger partial charge on any atom is 0.407 e. The highest BCUT2D eigenvalue weighted by Gasteiger charge is 2.17. The highest BCUT2D eigenvalue weighted by atomic mass is 16.6. The lowest BCUT2D eigenvalue weighted by Gasteiger charge is -2.22. The lowest BCUT2D eigenvalue weighted by molar-refractivity contribution is 0.0525. The van der Waals surface area contributed by atoms with Gasteiger partial charge in [-0.25, -0.2) is 4.79 Å². The monoisotopic (exact) mass is 278 g/mol. The predicted molar refractivity (Wildman–Crippen MR) is 81.9 cm³/mol. The summed E-state index contributed by atoms with van der Waals surface area (Å²) in [6, 6.07) is 6.28. The number of hydrogen-bond donors (Lipinski definition) is 2. The third-order valence-electron chi connectivity index (χ3n) is 3.18. The molecule has 0 bridgehead atoms. The van der Waals surface area contributed by atoms with Crippen molar-refractivity contribution in [3.63, 3.8) is 0 Å². The van der Waals surface area contributed by atoms with E-state index < -0.39 is 11.7 Å². The van der Waals surface area contributed by atoms with Gasteiger partial charge in [0, 0.05) is 19.0 Å². The van der Waals surface area contributed by atoms with Crippen LogP contribution in [0.3, 0.4) is 0 Å². The molecule has 112 valence electrons. The number of nitrogens with two attached hydrogens (primary N) is 1. The Morgan fingerprint density at radius 3 is 2.45 bits per heavy atom. The molecule has 0 aliphatic rings. The van der Waals surface area contributed by atoms with Crippen LogP contribution in [-0.4, -0.2) is 24.8 Å². The van der Waals surface area contributed by atoms with Crippen molar-refractivity contribution in [1.29, 1.82) is 0 Å². The number of alkyl carbamates (subject to hydrolysis) is 1. The van der Waals surface area contributed by atoms with Gasteiger partial charge in [-0.1, -0.05) is 18.2 Å². The molecular formula is C16H26N2O2. The first-order chi connectivity index (χ1) is 9.23. The zero-order valence-electron chi connectivity index (χ0n) is 13.1. The largest absolute Gasteiger partial charge is 0.444 e. The molecule has 3 N–H and O–H groups in total.